The van der Waals surface area contributed by atoms with Crippen LogP contribution >= 0.6 is 0 Å². The Morgan fingerprint density at radius 2 is 1.97 bits per heavy atom. The summed E-state index contributed by atoms with van der Waals surface area (Å²) in [6.45, 7) is 12.6. The number of nitrogens with one attached hydrogen (secondary N) is 2. The third-order valence-electron chi connectivity index (χ3n) is 6.05. The second-order valence-electron chi connectivity index (χ2n) is 8.95. The fourth-order valence-corrected chi connectivity index (χ4v) is 4.04. The maximum absolute atomic E-state index is 12.9. The van der Waals surface area contributed by atoms with Gasteiger partial charge in [-0.15, -0.1) is 0 Å². The van der Waals surface area contributed by atoms with Crippen LogP contribution in [0.15, 0.2) is 84.2 Å². The van der Waals surface area contributed by atoms with Crippen molar-refractivity contribution >= 4 is 11.7 Å². The molecule has 1 aliphatic rings. The van der Waals surface area contributed by atoms with Crippen LogP contribution in [0.3, 0.4) is 0 Å². The quantitative estimate of drug-likeness (QED) is 0.229. The van der Waals surface area contributed by atoms with E-state index in [1.165, 1.54) is 11.1 Å². The number of carbonyl (C=O) groups is 2. The summed E-state index contributed by atoms with van der Waals surface area (Å²) in [6.07, 6.45) is 14.5. The molecule has 0 radical (unpaired) electrons. The molecule has 0 heterocycles. The van der Waals surface area contributed by atoms with Crippen LogP contribution in [0, 0.1) is 5.92 Å². The second-order valence-corrected chi connectivity index (χ2v) is 8.95. The molecule has 0 saturated heterocycles. The van der Waals surface area contributed by atoms with Crippen molar-refractivity contribution in [2.45, 2.75) is 59.4 Å². The lowest BCUT2D eigenvalue weighted by Gasteiger charge is -2.16. The van der Waals surface area contributed by atoms with Crippen LogP contribution in [0.4, 0.5) is 0 Å². The zero-order chi connectivity index (χ0) is 26.2. The van der Waals surface area contributed by atoms with Gasteiger partial charge in [-0.05, 0) is 56.0 Å². The number of rotatable bonds is 16. The first-order valence-corrected chi connectivity index (χ1v) is 13.1. The lowest BCUT2D eigenvalue weighted by molar-refractivity contribution is -0.124. The number of Topliss-reactive ketones (excluding diaryl/α,β-unsaturated/α-hetero) is 1. The summed E-state index contributed by atoms with van der Waals surface area (Å²) in [4.78, 5) is 25.2. The fourth-order valence-electron chi connectivity index (χ4n) is 4.04. The molecule has 2 N–H and O–H groups in total. The van der Waals surface area contributed by atoms with Crippen molar-refractivity contribution in [3.05, 3.63) is 95.3 Å². The molecule has 5 nitrogen and oxygen atoms in total. The van der Waals surface area contributed by atoms with Crippen LogP contribution in [-0.2, 0) is 27.3 Å². The van der Waals surface area contributed by atoms with Crippen molar-refractivity contribution in [1.29, 1.82) is 0 Å². The summed E-state index contributed by atoms with van der Waals surface area (Å²) in [5.74, 6) is 0.773. The van der Waals surface area contributed by atoms with Crippen LogP contribution in [0.1, 0.15) is 57.6 Å². The van der Waals surface area contributed by atoms with Gasteiger partial charge < -0.3 is 15.4 Å². The Bertz CT molecular complexity index is 1000. The first-order valence-electron chi connectivity index (χ1n) is 13.1. The van der Waals surface area contributed by atoms with Gasteiger partial charge in [0.25, 0.3) is 0 Å². The predicted octanol–water partition coefficient (Wildman–Crippen LogP) is 5.75. The monoisotopic (exact) mass is 490 g/mol. The van der Waals surface area contributed by atoms with Gasteiger partial charge in [-0.2, -0.15) is 0 Å². The largest absolute Gasteiger partial charge is 0.490 e. The van der Waals surface area contributed by atoms with Crippen molar-refractivity contribution in [2.24, 2.45) is 5.92 Å². The van der Waals surface area contributed by atoms with Crippen LogP contribution in [-0.4, -0.2) is 31.4 Å². The van der Waals surface area contributed by atoms with Gasteiger partial charge >= 0.3 is 0 Å². The number of carbonyl (C=O) groups excluding carboxylic acids is 2. The smallest absolute Gasteiger partial charge is 0.220 e. The van der Waals surface area contributed by atoms with E-state index in [1.807, 2.05) is 31.2 Å². The molecule has 0 spiro atoms. The van der Waals surface area contributed by atoms with Gasteiger partial charge in [0.15, 0.2) is 5.78 Å². The van der Waals surface area contributed by atoms with Gasteiger partial charge in [-0.1, -0.05) is 69.0 Å². The summed E-state index contributed by atoms with van der Waals surface area (Å²) < 4.78 is 5.85. The minimum atomic E-state index is -0.0900. The van der Waals surface area contributed by atoms with Crippen molar-refractivity contribution in [3.63, 3.8) is 0 Å². The standard InChI is InChI=1S/C31H42N2O3/c1-5-11-24(4)28-22-27(14-9-15-30(28)36-20-6-2)29(34)16-17-31(35)33-19-10-18-32-23-26-13-8-12-25(7-3)21-26/h5-6,8,11-15,21-22,24,32H,2,7,9-10,16-20,23H2,1,3-4H3,(H,33,35)/b11-5-. The number of hydrogen-bond acceptors (Lipinski definition) is 4. The zero-order valence-electron chi connectivity index (χ0n) is 22.1. The molecule has 2 rings (SSSR count). The molecule has 36 heavy (non-hydrogen) atoms. The SMILES string of the molecule is C=CCOC1=CCC=C(C(=O)CCC(=O)NCCCNCc2cccc(CC)c2)C=C1C(C)/C=C\C. The molecular formula is C31H42N2O3. The second kappa shape index (κ2) is 16.5. The Hall–Kier alpha value is -3.18. The van der Waals surface area contributed by atoms with Gasteiger partial charge in [0.1, 0.15) is 12.4 Å². The van der Waals surface area contributed by atoms with Crippen LogP contribution in [0.25, 0.3) is 0 Å². The number of hydrogen-bond donors (Lipinski definition) is 2. The molecule has 1 unspecified atom stereocenters. The van der Waals surface area contributed by atoms with Crippen molar-refractivity contribution < 1.29 is 14.3 Å². The number of aryl methyl sites for hydroxylation is 1. The Labute approximate surface area is 217 Å². The highest BCUT2D eigenvalue weighted by atomic mass is 16.5. The molecule has 0 bridgehead atoms. The molecular weight excluding hydrogens is 448 g/mol. The van der Waals surface area contributed by atoms with E-state index >= 15 is 0 Å². The van der Waals surface area contributed by atoms with Crippen LogP contribution in [0.5, 0.6) is 0 Å². The van der Waals surface area contributed by atoms with E-state index < -0.39 is 0 Å². The first kappa shape index (κ1) is 29.1. The summed E-state index contributed by atoms with van der Waals surface area (Å²) in [6, 6.07) is 8.58. The highest BCUT2D eigenvalue weighted by Crippen LogP contribution is 2.28. The van der Waals surface area contributed by atoms with E-state index in [0.717, 1.165) is 37.3 Å². The van der Waals surface area contributed by atoms with Gasteiger partial charge in [0.05, 0.1) is 0 Å². The van der Waals surface area contributed by atoms with Crippen molar-refractivity contribution in [2.75, 3.05) is 19.7 Å². The minimum absolute atomic E-state index is 0.0234. The molecule has 1 aliphatic carbocycles. The summed E-state index contributed by atoms with van der Waals surface area (Å²) in [5, 5.41) is 6.35. The molecule has 1 aromatic carbocycles. The molecule has 0 saturated carbocycles. The zero-order valence-corrected chi connectivity index (χ0v) is 22.1. The van der Waals surface area contributed by atoms with Gasteiger partial charge in [0, 0.05) is 43.0 Å². The van der Waals surface area contributed by atoms with Gasteiger partial charge in [-0.25, -0.2) is 0 Å². The maximum Gasteiger partial charge on any atom is 0.220 e. The van der Waals surface area contributed by atoms with Crippen molar-refractivity contribution in [1.82, 2.24) is 10.6 Å². The molecule has 1 aromatic rings. The van der Waals surface area contributed by atoms with E-state index in [0.29, 0.717) is 25.1 Å². The highest BCUT2D eigenvalue weighted by Gasteiger charge is 2.18. The topological polar surface area (TPSA) is 67.4 Å². The number of ketones is 1. The Kier molecular flexibility index (Phi) is 13.3. The molecule has 1 atom stereocenters. The number of amides is 1. The van der Waals surface area contributed by atoms with E-state index in [9.17, 15) is 9.59 Å². The summed E-state index contributed by atoms with van der Waals surface area (Å²) in [7, 11) is 0. The fraction of sp³-hybridized carbons (Fsp3) is 0.419. The summed E-state index contributed by atoms with van der Waals surface area (Å²) in [5.41, 5.74) is 4.22. The lowest BCUT2D eigenvalue weighted by Crippen LogP contribution is -2.27. The molecule has 0 aliphatic heterocycles. The Morgan fingerprint density at radius 3 is 2.72 bits per heavy atom. The van der Waals surface area contributed by atoms with Crippen molar-refractivity contribution in [3.8, 4) is 0 Å². The molecule has 0 fully saturated rings. The van der Waals surface area contributed by atoms with Gasteiger partial charge in [-0.3, -0.25) is 9.59 Å². The van der Waals surface area contributed by atoms with E-state index in [1.54, 1.807) is 6.08 Å². The third kappa shape index (κ3) is 10.2. The third-order valence-corrected chi connectivity index (χ3v) is 6.05. The Balaban J connectivity index is 1.76. The number of allylic oxidation sites excluding steroid dienone is 7. The van der Waals surface area contributed by atoms with Crippen LogP contribution in [0.2, 0.25) is 0 Å². The van der Waals surface area contributed by atoms with E-state index in [-0.39, 0.29) is 30.4 Å². The predicted molar refractivity (Wildman–Crippen MR) is 148 cm³/mol. The van der Waals surface area contributed by atoms with Gasteiger partial charge in [0.2, 0.25) is 5.91 Å². The maximum atomic E-state index is 12.9. The lowest BCUT2D eigenvalue weighted by atomic mass is 9.95. The molecule has 194 valence electrons. The normalized spacial score (nSPS) is 14.4. The average Bonchev–Trinajstić information content (AvgIpc) is 3.11. The van der Waals surface area contributed by atoms with E-state index in [4.69, 9.17) is 4.74 Å². The first-order chi connectivity index (χ1) is 17.5. The molecule has 5 heteroatoms. The summed E-state index contributed by atoms with van der Waals surface area (Å²) >= 11 is 0. The van der Waals surface area contributed by atoms with Crippen LogP contribution < -0.4 is 10.6 Å². The molecule has 1 amide bonds. The number of benzene rings is 1. The minimum Gasteiger partial charge on any atom is -0.490 e. The number of ether oxygens (including phenoxy) is 1. The Morgan fingerprint density at radius 1 is 1.17 bits per heavy atom. The van der Waals surface area contributed by atoms with E-state index in [2.05, 4.69) is 61.4 Å². The highest BCUT2D eigenvalue weighted by molar-refractivity contribution is 6.00. The average molecular weight is 491 g/mol. The molecule has 0 aromatic heterocycles.